The summed E-state index contributed by atoms with van der Waals surface area (Å²) in [6.07, 6.45) is 1.46. The van der Waals surface area contributed by atoms with Crippen molar-refractivity contribution >= 4 is 23.3 Å². The van der Waals surface area contributed by atoms with Crippen LogP contribution in [0, 0.1) is 0 Å². The van der Waals surface area contributed by atoms with Crippen LogP contribution in [0.15, 0.2) is 42.6 Å². The Morgan fingerprint density at radius 2 is 1.95 bits per heavy atom. The molecule has 0 fully saturated rings. The van der Waals surface area contributed by atoms with Crippen LogP contribution < -0.4 is 15.4 Å². The third-order valence-corrected chi connectivity index (χ3v) is 2.65. The third kappa shape index (κ3) is 4.04. The highest BCUT2D eigenvalue weighted by molar-refractivity contribution is 6.05. The zero-order valence-corrected chi connectivity index (χ0v) is 11.7. The van der Waals surface area contributed by atoms with E-state index in [0.29, 0.717) is 22.8 Å². The molecule has 21 heavy (non-hydrogen) atoms. The Morgan fingerprint density at radius 3 is 2.67 bits per heavy atom. The molecule has 0 bridgehead atoms. The number of carbonyl (C=O) groups excluding carboxylic acids is 2. The minimum Gasteiger partial charge on any atom is -0.497 e. The number of benzene rings is 1. The monoisotopic (exact) mass is 285 g/mol. The fourth-order valence-corrected chi connectivity index (χ4v) is 1.72. The lowest BCUT2D eigenvalue weighted by molar-refractivity contribution is -0.114. The first-order valence-corrected chi connectivity index (χ1v) is 6.27. The van der Waals surface area contributed by atoms with Gasteiger partial charge in [0.15, 0.2) is 0 Å². The molecule has 0 saturated heterocycles. The molecule has 0 radical (unpaired) electrons. The van der Waals surface area contributed by atoms with Crippen LogP contribution in [0.25, 0.3) is 0 Å². The van der Waals surface area contributed by atoms with Crippen LogP contribution in [0.2, 0.25) is 0 Å². The molecule has 0 aliphatic carbocycles. The predicted molar refractivity (Wildman–Crippen MR) is 79.5 cm³/mol. The van der Waals surface area contributed by atoms with Gasteiger partial charge in [-0.05, 0) is 24.3 Å². The highest BCUT2D eigenvalue weighted by Gasteiger charge is 2.08. The Balaban J connectivity index is 2.14. The molecule has 1 heterocycles. The highest BCUT2D eigenvalue weighted by Crippen LogP contribution is 2.18. The predicted octanol–water partition coefficient (Wildman–Crippen LogP) is 2.30. The van der Waals surface area contributed by atoms with Crippen molar-refractivity contribution in [2.24, 2.45) is 0 Å². The van der Waals surface area contributed by atoms with E-state index in [9.17, 15) is 9.59 Å². The van der Waals surface area contributed by atoms with Gasteiger partial charge < -0.3 is 15.4 Å². The van der Waals surface area contributed by atoms with Crippen LogP contribution in [-0.2, 0) is 4.79 Å². The van der Waals surface area contributed by atoms with Gasteiger partial charge in [-0.2, -0.15) is 0 Å². The normalized spacial score (nSPS) is 9.81. The van der Waals surface area contributed by atoms with Crippen molar-refractivity contribution < 1.29 is 14.3 Å². The summed E-state index contributed by atoms with van der Waals surface area (Å²) >= 11 is 0. The lowest BCUT2D eigenvalue weighted by Gasteiger charge is -2.08. The van der Waals surface area contributed by atoms with E-state index < -0.39 is 0 Å². The largest absolute Gasteiger partial charge is 0.497 e. The lowest BCUT2D eigenvalue weighted by atomic mass is 10.2. The van der Waals surface area contributed by atoms with Crippen LogP contribution in [0.1, 0.15) is 17.3 Å². The molecule has 6 heteroatoms. The molecule has 2 rings (SSSR count). The Hall–Kier alpha value is -2.89. The van der Waals surface area contributed by atoms with Crippen LogP contribution in [-0.4, -0.2) is 23.9 Å². The number of hydrogen-bond donors (Lipinski definition) is 2. The van der Waals surface area contributed by atoms with Gasteiger partial charge in [0.1, 0.15) is 11.6 Å². The van der Waals surface area contributed by atoms with E-state index in [2.05, 4.69) is 15.6 Å². The second kappa shape index (κ2) is 6.51. The Kier molecular flexibility index (Phi) is 4.50. The van der Waals surface area contributed by atoms with E-state index >= 15 is 0 Å². The number of amides is 2. The van der Waals surface area contributed by atoms with Crippen LogP contribution in [0.5, 0.6) is 5.75 Å². The molecule has 2 aromatic rings. The number of rotatable bonds is 4. The molecule has 0 aliphatic rings. The molecule has 1 aromatic carbocycles. The first-order chi connectivity index (χ1) is 10.1. The molecule has 0 aliphatic heterocycles. The fraction of sp³-hybridized carbons (Fsp3) is 0.133. The van der Waals surface area contributed by atoms with Gasteiger partial charge in [-0.1, -0.05) is 6.07 Å². The molecule has 2 N–H and O–H groups in total. The quantitative estimate of drug-likeness (QED) is 0.903. The van der Waals surface area contributed by atoms with Crippen LogP contribution in [0.3, 0.4) is 0 Å². The molecule has 0 atom stereocenters. The number of carbonyl (C=O) groups is 2. The van der Waals surface area contributed by atoms with Gasteiger partial charge in [0.2, 0.25) is 5.91 Å². The van der Waals surface area contributed by atoms with Crippen molar-refractivity contribution in [3.8, 4) is 5.75 Å². The zero-order chi connectivity index (χ0) is 15.2. The zero-order valence-electron chi connectivity index (χ0n) is 11.7. The average molecular weight is 285 g/mol. The SMILES string of the molecule is COc1cccc(NC(=O)c2ccnc(NC(C)=O)c2)c1. The minimum atomic E-state index is -0.294. The standard InChI is InChI=1S/C15H15N3O3/c1-10(19)17-14-8-11(6-7-16-14)15(20)18-12-4-3-5-13(9-12)21-2/h3-9H,1-2H3,(H,18,20)(H,16,17,19). The number of anilines is 2. The number of aromatic nitrogens is 1. The summed E-state index contributed by atoms with van der Waals surface area (Å²) in [6.45, 7) is 1.38. The molecule has 6 nitrogen and oxygen atoms in total. The van der Waals surface area contributed by atoms with E-state index in [-0.39, 0.29) is 11.8 Å². The van der Waals surface area contributed by atoms with Crippen molar-refractivity contribution in [1.29, 1.82) is 0 Å². The maximum Gasteiger partial charge on any atom is 0.255 e. The number of nitrogens with one attached hydrogen (secondary N) is 2. The number of hydrogen-bond acceptors (Lipinski definition) is 4. The van der Waals surface area contributed by atoms with Crippen molar-refractivity contribution in [1.82, 2.24) is 4.98 Å². The summed E-state index contributed by atoms with van der Waals surface area (Å²) in [5.41, 5.74) is 1.02. The maximum absolute atomic E-state index is 12.2. The Morgan fingerprint density at radius 1 is 1.14 bits per heavy atom. The summed E-state index contributed by atoms with van der Waals surface area (Å²) in [5, 5.41) is 5.29. The molecule has 0 spiro atoms. The first kappa shape index (κ1) is 14.5. The molecule has 0 saturated carbocycles. The number of nitrogens with zero attached hydrogens (tertiary/aromatic N) is 1. The van der Waals surface area contributed by atoms with E-state index in [1.165, 1.54) is 19.2 Å². The van der Waals surface area contributed by atoms with Gasteiger partial charge in [0.25, 0.3) is 5.91 Å². The van der Waals surface area contributed by atoms with E-state index in [0.717, 1.165) is 0 Å². The first-order valence-electron chi connectivity index (χ1n) is 6.27. The number of methoxy groups -OCH3 is 1. The smallest absolute Gasteiger partial charge is 0.255 e. The number of ether oxygens (including phenoxy) is 1. The van der Waals surface area contributed by atoms with Crippen LogP contribution >= 0.6 is 0 Å². The molecule has 0 unspecified atom stereocenters. The summed E-state index contributed by atoms with van der Waals surface area (Å²) < 4.78 is 5.10. The molecular formula is C15H15N3O3. The molecular weight excluding hydrogens is 270 g/mol. The van der Waals surface area contributed by atoms with Gasteiger partial charge in [0, 0.05) is 30.4 Å². The third-order valence-electron chi connectivity index (χ3n) is 2.65. The van der Waals surface area contributed by atoms with E-state index in [4.69, 9.17) is 4.74 Å². The van der Waals surface area contributed by atoms with Gasteiger partial charge in [-0.15, -0.1) is 0 Å². The minimum absolute atomic E-state index is 0.243. The Bertz CT molecular complexity index is 671. The lowest BCUT2D eigenvalue weighted by Crippen LogP contribution is -2.13. The Labute approximate surface area is 122 Å². The van der Waals surface area contributed by atoms with E-state index in [1.807, 2.05) is 0 Å². The molecule has 1 aromatic heterocycles. The van der Waals surface area contributed by atoms with Crippen molar-refractivity contribution in [2.45, 2.75) is 6.92 Å². The van der Waals surface area contributed by atoms with Crippen molar-refractivity contribution in [3.63, 3.8) is 0 Å². The fourth-order valence-electron chi connectivity index (χ4n) is 1.72. The second-order valence-corrected chi connectivity index (χ2v) is 4.30. The van der Waals surface area contributed by atoms with Gasteiger partial charge in [-0.3, -0.25) is 9.59 Å². The number of pyridine rings is 1. The van der Waals surface area contributed by atoms with Gasteiger partial charge in [0.05, 0.1) is 7.11 Å². The summed E-state index contributed by atoms with van der Waals surface area (Å²) in [4.78, 5) is 27.1. The topological polar surface area (TPSA) is 80.3 Å². The van der Waals surface area contributed by atoms with Gasteiger partial charge in [-0.25, -0.2) is 4.98 Å². The van der Waals surface area contributed by atoms with Crippen molar-refractivity contribution in [3.05, 3.63) is 48.2 Å². The highest BCUT2D eigenvalue weighted by atomic mass is 16.5. The maximum atomic E-state index is 12.2. The van der Waals surface area contributed by atoms with Crippen LogP contribution in [0.4, 0.5) is 11.5 Å². The van der Waals surface area contributed by atoms with Crippen molar-refractivity contribution in [2.75, 3.05) is 17.7 Å². The summed E-state index contributed by atoms with van der Waals surface area (Å²) in [6, 6.07) is 10.1. The molecule has 108 valence electrons. The summed E-state index contributed by atoms with van der Waals surface area (Å²) in [5.74, 6) is 0.451. The second-order valence-electron chi connectivity index (χ2n) is 4.30. The van der Waals surface area contributed by atoms with Gasteiger partial charge >= 0.3 is 0 Å². The average Bonchev–Trinajstić information content (AvgIpc) is 2.47. The van der Waals surface area contributed by atoms with E-state index in [1.54, 1.807) is 37.4 Å². The molecule has 2 amide bonds. The summed E-state index contributed by atoms with van der Waals surface area (Å²) in [7, 11) is 1.56.